The van der Waals surface area contributed by atoms with Gasteiger partial charge in [-0.3, -0.25) is 9.78 Å². The van der Waals surface area contributed by atoms with Gasteiger partial charge in [0, 0.05) is 29.8 Å². The number of aromatic nitrogens is 3. The number of carbonyl (C=O) groups excluding carboxylic acids is 1. The van der Waals surface area contributed by atoms with Crippen LogP contribution in [-0.2, 0) is 4.79 Å². The molecule has 1 aliphatic carbocycles. The highest BCUT2D eigenvalue weighted by molar-refractivity contribution is 7.98. The Morgan fingerprint density at radius 3 is 3.16 bits per heavy atom. The second kappa shape index (κ2) is 5.26. The molecule has 3 rings (SSSR count). The van der Waals surface area contributed by atoms with E-state index in [-0.39, 0.29) is 11.8 Å². The molecule has 2 aromatic rings. The molecule has 2 heterocycles. The topological polar surface area (TPSA) is 67.8 Å². The number of amides is 1. The summed E-state index contributed by atoms with van der Waals surface area (Å²) in [6.07, 6.45) is 6.36. The molecule has 19 heavy (non-hydrogen) atoms. The zero-order chi connectivity index (χ0) is 13.2. The minimum Gasteiger partial charge on any atom is -0.300 e. The SMILES string of the molecule is CSc1nsc(NC(=O)[C@@H]2C[C@H]2c2cccnc2)n1. The van der Waals surface area contributed by atoms with Gasteiger partial charge in [0.15, 0.2) is 0 Å². The minimum absolute atomic E-state index is 0.0256. The van der Waals surface area contributed by atoms with Crippen LogP contribution in [0, 0.1) is 5.92 Å². The quantitative estimate of drug-likeness (QED) is 0.876. The number of anilines is 1. The van der Waals surface area contributed by atoms with Crippen LogP contribution in [0.3, 0.4) is 0 Å². The summed E-state index contributed by atoms with van der Waals surface area (Å²) in [5.41, 5.74) is 1.13. The Labute approximate surface area is 119 Å². The maximum atomic E-state index is 12.1. The summed E-state index contributed by atoms with van der Waals surface area (Å²) in [4.78, 5) is 20.3. The Hall–Kier alpha value is -1.47. The first-order valence-electron chi connectivity index (χ1n) is 5.86. The first-order valence-corrected chi connectivity index (χ1v) is 7.86. The van der Waals surface area contributed by atoms with Crippen LogP contribution in [0.15, 0.2) is 29.7 Å². The van der Waals surface area contributed by atoms with Crippen molar-refractivity contribution in [3.05, 3.63) is 30.1 Å². The van der Waals surface area contributed by atoms with Gasteiger partial charge >= 0.3 is 0 Å². The number of carbonyl (C=O) groups is 1. The summed E-state index contributed by atoms with van der Waals surface area (Å²) >= 11 is 2.69. The Morgan fingerprint density at radius 1 is 1.58 bits per heavy atom. The standard InChI is InChI=1S/C12H12N4OS2/c1-18-12-15-11(19-16-12)14-10(17)9-5-8(9)7-3-2-4-13-6-7/h2-4,6,8-9H,5H2,1H3,(H,14,15,16,17)/t8-,9+/m0/s1. The highest BCUT2D eigenvalue weighted by Gasteiger charge is 2.44. The molecule has 1 fully saturated rings. The van der Waals surface area contributed by atoms with Crippen molar-refractivity contribution in [2.75, 3.05) is 11.6 Å². The van der Waals surface area contributed by atoms with Crippen molar-refractivity contribution in [3.8, 4) is 0 Å². The molecular weight excluding hydrogens is 280 g/mol. The molecule has 2 aromatic heterocycles. The second-order valence-corrected chi connectivity index (χ2v) is 5.84. The molecular formula is C12H12N4OS2. The lowest BCUT2D eigenvalue weighted by Crippen LogP contribution is -2.14. The van der Waals surface area contributed by atoms with Crippen molar-refractivity contribution < 1.29 is 4.79 Å². The Balaban J connectivity index is 1.61. The van der Waals surface area contributed by atoms with Gasteiger partial charge in [-0.2, -0.15) is 9.36 Å². The summed E-state index contributed by atoms with van der Waals surface area (Å²) in [6, 6.07) is 3.92. The molecule has 1 amide bonds. The third kappa shape index (κ3) is 2.76. The Bertz CT molecular complexity index is 586. The van der Waals surface area contributed by atoms with Crippen molar-refractivity contribution in [3.63, 3.8) is 0 Å². The van der Waals surface area contributed by atoms with E-state index in [1.54, 1.807) is 6.20 Å². The molecule has 5 nitrogen and oxygen atoms in total. The summed E-state index contributed by atoms with van der Waals surface area (Å²) in [5.74, 6) is 0.352. The van der Waals surface area contributed by atoms with Crippen LogP contribution in [0.4, 0.5) is 5.13 Å². The number of pyridine rings is 1. The van der Waals surface area contributed by atoms with Gasteiger partial charge in [-0.05, 0) is 30.2 Å². The van der Waals surface area contributed by atoms with Crippen LogP contribution in [0.1, 0.15) is 17.9 Å². The lowest BCUT2D eigenvalue weighted by molar-refractivity contribution is -0.117. The van der Waals surface area contributed by atoms with Crippen LogP contribution < -0.4 is 5.32 Å². The summed E-state index contributed by atoms with van der Waals surface area (Å²) in [5, 5.41) is 4.10. The highest BCUT2D eigenvalue weighted by atomic mass is 32.2. The molecule has 0 aromatic carbocycles. The van der Waals surface area contributed by atoms with Crippen molar-refractivity contribution >= 4 is 34.3 Å². The predicted octanol–water partition coefficient (Wildman–Crippen LogP) is 2.40. The summed E-state index contributed by atoms with van der Waals surface area (Å²) in [6.45, 7) is 0. The third-order valence-electron chi connectivity index (χ3n) is 3.06. The number of thioether (sulfide) groups is 1. The van der Waals surface area contributed by atoms with Gasteiger partial charge in [-0.25, -0.2) is 0 Å². The third-order valence-corrected chi connectivity index (χ3v) is 4.35. The molecule has 7 heteroatoms. The van der Waals surface area contributed by atoms with Crippen molar-refractivity contribution in [2.45, 2.75) is 17.5 Å². The van der Waals surface area contributed by atoms with E-state index in [2.05, 4.69) is 19.7 Å². The molecule has 1 N–H and O–H groups in total. The van der Waals surface area contributed by atoms with Gasteiger partial charge in [0.2, 0.25) is 16.2 Å². The zero-order valence-electron chi connectivity index (χ0n) is 10.2. The molecule has 0 unspecified atom stereocenters. The van der Waals surface area contributed by atoms with Gasteiger partial charge in [0.25, 0.3) is 0 Å². The molecule has 0 bridgehead atoms. The van der Waals surface area contributed by atoms with E-state index in [0.717, 1.165) is 12.0 Å². The molecule has 0 spiro atoms. The van der Waals surface area contributed by atoms with Crippen LogP contribution in [0.25, 0.3) is 0 Å². The first-order chi connectivity index (χ1) is 9.28. The van der Waals surface area contributed by atoms with Crippen LogP contribution in [0.5, 0.6) is 0 Å². The van der Waals surface area contributed by atoms with E-state index < -0.39 is 0 Å². The van der Waals surface area contributed by atoms with Crippen LogP contribution in [-0.4, -0.2) is 26.5 Å². The molecule has 0 aliphatic heterocycles. The number of hydrogen-bond donors (Lipinski definition) is 1. The number of nitrogens with zero attached hydrogens (tertiary/aromatic N) is 3. The largest absolute Gasteiger partial charge is 0.300 e. The average molecular weight is 292 g/mol. The number of hydrogen-bond acceptors (Lipinski definition) is 6. The lowest BCUT2D eigenvalue weighted by Gasteiger charge is -2.00. The van der Waals surface area contributed by atoms with Gasteiger partial charge in [-0.15, -0.1) is 0 Å². The second-order valence-electron chi connectivity index (χ2n) is 4.31. The summed E-state index contributed by atoms with van der Waals surface area (Å²) < 4.78 is 4.11. The fourth-order valence-electron chi connectivity index (χ4n) is 1.99. The van der Waals surface area contributed by atoms with E-state index >= 15 is 0 Å². The maximum absolute atomic E-state index is 12.1. The zero-order valence-corrected chi connectivity index (χ0v) is 11.9. The van der Waals surface area contributed by atoms with Gasteiger partial charge < -0.3 is 5.32 Å². The van der Waals surface area contributed by atoms with Crippen molar-refractivity contribution in [2.24, 2.45) is 5.92 Å². The van der Waals surface area contributed by atoms with E-state index in [0.29, 0.717) is 16.2 Å². The molecule has 2 atom stereocenters. The number of nitrogens with one attached hydrogen (secondary N) is 1. The van der Waals surface area contributed by atoms with Gasteiger partial charge in [-0.1, -0.05) is 17.8 Å². The average Bonchev–Trinajstić information content (AvgIpc) is 3.13. The molecule has 0 radical (unpaired) electrons. The maximum Gasteiger partial charge on any atom is 0.229 e. The Kier molecular flexibility index (Phi) is 3.48. The predicted molar refractivity (Wildman–Crippen MR) is 75.4 cm³/mol. The molecule has 0 saturated heterocycles. The monoisotopic (exact) mass is 292 g/mol. The number of rotatable bonds is 4. The fourth-order valence-corrected chi connectivity index (χ4v) is 3.12. The molecule has 1 aliphatic rings. The van der Waals surface area contributed by atoms with Crippen LogP contribution >= 0.6 is 23.3 Å². The minimum atomic E-state index is 0.0256. The molecule has 1 saturated carbocycles. The van der Waals surface area contributed by atoms with Crippen LogP contribution in [0.2, 0.25) is 0 Å². The van der Waals surface area contributed by atoms with Gasteiger partial charge in [0.1, 0.15) is 0 Å². The van der Waals surface area contributed by atoms with E-state index in [1.165, 1.54) is 23.3 Å². The summed E-state index contributed by atoms with van der Waals surface area (Å²) in [7, 11) is 0. The first kappa shape index (κ1) is 12.6. The van der Waals surface area contributed by atoms with E-state index in [1.807, 2.05) is 24.6 Å². The van der Waals surface area contributed by atoms with Gasteiger partial charge in [0.05, 0.1) is 0 Å². The lowest BCUT2D eigenvalue weighted by atomic mass is 10.1. The van der Waals surface area contributed by atoms with E-state index in [9.17, 15) is 4.79 Å². The Morgan fingerprint density at radius 2 is 2.47 bits per heavy atom. The normalized spacial score (nSPS) is 21.1. The molecule has 98 valence electrons. The smallest absolute Gasteiger partial charge is 0.229 e. The van der Waals surface area contributed by atoms with Crippen molar-refractivity contribution in [1.29, 1.82) is 0 Å². The fraction of sp³-hybridized carbons (Fsp3) is 0.333. The highest BCUT2D eigenvalue weighted by Crippen LogP contribution is 2.47. The van der Waals surface area contributed by atoms with E-state index in [4.69, 9.17) is 0 Å². The van der Waals surface area contributed by atoms with Crippen molar-refractivity contribution in [1.82, 2.24) is 14.3 Å².